The summed E-state index contributed by atoms with van der Waals surface area (Å²) in [5.41, 5.74) is 0.392. The van der Waals surface area contributed by atoms with Gasteiger partial charge in [-0.05, 0) is 31.0 Å². The number of aliphatic hydroxyl groups is 1. The Morgan fingerprint density at radius 1 is 1.40 bits per heavy atom. The lowest BCUT2D eigenvalue weighted by Gasteiger charge is -2.49. The molecule has 0 spiro atoms. The van der Waals surface area contributed by atoms with Gasteiger partial charge in [0.15, 0.2) is 0 Å². The zero-order chi connectivity index (χ0) is 15.1. The zero-order valence-corrected chi connectivity index (χ0v) is 13.0. The fourth-order valence-corrected chi connectivity index (χ4v) is 4.01. The first-order valence-corrected chi connectivity index (χ1v) is 8.02. The van der Waals surface area contributed by atoms with Crippen molar-refractivity contribution >= 4 is 10.0 Å². The van der Waals surface area contributed by atoms with E-state index in [1.165, 1.54) is 7.11 Å². The molecule has 0 bridgehead atoms. The van der Waals surface area contributed by atoms with Crippen molar-refractivity contribution in [3.63, 3.8) is 0 Å². The van der Waals surface area contributed by atoms with E-state index in [0.717, 1.165) is 5.56 Å². The Labute approximate surface area is 120 Å². The van der Waals surface area contributed by atoms with Crippen molar-refractivity contribution in [3.8, 4) is 5.75 Å². The average Bonchev–Trinajstić information content (AvgIpc) is 2.38. The second-order valence-electron chi connectivity index (χ2n) is 5.90. The van der Waals surface area contributed by atoms with Crippen LogP contribution in [-0.2, 0) is 10.0 Å². The Morgan fingerprint density at radius 2 is 2.05 bits per heavy atom. The first-order valence-electron chi connectivity index (χ1n) is 6.53. The standard InChI is InChI=1S/C14H21NO4S/c1-9-5-6-10(19-4)11(7-9)20(17,18)15-12-8-13(16)14(12,2)3/h5-7,12-13,15-16H,8H2,1-4H3. The van der Waals surface area contributed by atoms with Gasteiger partial charge in [0.2, 0.25) is 10.0 Å². The SMILES string of the molecule is COc1ccc(C)cc1S(=O)(=O)NC1CC(O)C1(C)C. The third-order valence-corrected chi connectivity index (χ3v) is 5.61. The Hall–Kier alpha value is -1.11. The first-order chi connectivity index (χ1) is 9.18. The maximum atomic E-state index is 12.5. The lowest BCUT2D eigenvalue weighted by atomic mass is 9.65. The summed E-state index contributed by atoms with van der Waals surface area (Å²) < 4.78 is 32.8. The summed E-state index contributed by atoms with van der Waals surface area (Å²) in [6.45, 7) is 5.53. The van der Waals surface area contributed by atoms with Crippen molar-refractivity contribution in [2.24, 2.45) is 5.41 Å². The van der Waals surface area contributed by atoms with Gasteiger partial charge >= 0.3 is 0 Å². The second kappa shape index (κ2) is 5.02. The molecule has 1 saturated carbocycles. The van der Waals surface area contributed by atoms with E-state index in [2.05, 4.69) is 4.72 Å². The minimum absolute atomic E-state index is 0.136. The van der Waals surface area contributed by atoms with E-state index in [-0.39, 0.29) is 10.9 Å². The van der Waals surface area contributed by atoms with Crippen LogP contribution in [0, 0.1) is 12.3 Å². The number of hydrogen-bond donors (Lipinski definition) is 2. The number of nitrogens with one attached hydrogen (secondary N) is 1. The maximum Gasteiger partial charge on any atom is 0.244 e. The summed E-state index contributed by atoms with van der Waals surface area (Å²) in [6, 6.07) is 4.76. The Balaban J connectivity index is 2.30. The Bertz CT molecular complexity index is 610. The van der Waals surface area contributed by atoms with Gasteiger partial charge in [0.05, 0.1) is 13.2 Å². The van der Waals surface area contributed by atoms with E-state index < -0.39 is 21.5 Å². The summed E-state index contributed by atoms with van der Waals surface area (Å²) in [5, 5.41) is 9.70. The molecular formula is C14H21NO4S. The van der Waals surface area contributed by atoms with Crippen LogP contribution in [0.15, 0.2) is 23.1 Å². The van der Waals surface area contributed by atoms with Gasteiger partial charge in [0.25, 0.3) is 0 Å². The zero-order valence-electron chi connectivity index (χ0n) is 12.2. The molecule has 112 valence electrons. The molecule has 2 N–H and O–H groups in total. The molecule has 6 heteroatoms. The number of rotatable bonds is 4. The molecule has 2 atom stereocenters. The van der Waals surface area contributed by atoms with Gasteiger partial charge in [0.1, 0.15) is 10.6 Å². The summed E-state index contributed by atoms with van der Waals surface area (Å²) in [4.78, 5) is 0.136. The highest BCUT2D eigenvalue weighted by Gasteiger charge is 2.49. The molecule has 0 amide bonds. The van der Waals surface area contributed by atoms with Crippen LogP contribution in [0.5, 0.6) is 5.75 Å². The third kappa shape index (κ3) is 2.55. The van der Waals surface area contributed by atoms with E-state index in [1.807, 2.05) is 20.8 Å². The molecule has 1 aliphatic rings. The highest BCUT2D eigenvalue weighted by Crippen LogP contribution is 2.41. The van der Waals surface area contributed by atoms with Crippen LogP contribution in [0.3, 0.4) is 0 Å². The molecule has 5 nitrogen and oxygen atoms in total. The lowest BCUT2D eigenvalue weighted by molar-refractivity contribution is -0.0645. The molecule has 2 unspecified atom stereocenters. The number of hydrogen-bond acceptors (Lipinski definition) is 4. The van der Waals surface area contributed by atoms with Crippen LogP contribution in [0.25, 0.3) is 0 Å². The molecule has 1 fully saturated rings. The molecule has 0 saturated heterocycles. The van der Waals surface area contributed by atoms with Crippen molar-refractivity contribution in [2.45, 2.75) is 44.2 Å². The van der Waals surface area contributed by atoms with Gasteiger partial charge < -0.3 is 9.84 Å². The van der Waals surface area contributed by atoms with E-state index in [0.29, 0.717) is 12.2 Å². The van der Waals surface area contributed by atoms with Crippen LogP contribution in [-0.4, -0.2) is 32.8 Å². The van der Waals surface area contributed by atoms with Gasteiger partial charge in [-0.1, -0.05) is 19.9 Å². The summed E-state index contributed by atoms with van der Waals surface area (Å²) in [5.74, 6) is 0.320. The minimum Gasteiger partial charge on any atom is -0.495 e. The van der Waals surface area contributed by atoms with Gasteiger partial charge in [-0.15, -0.1) is 0 Å². The van der Waals surface area contributed by atoms with Crippen LogP contribution < -0.4 is 9.46 Å². The summed E-state index contributed by atoms with van der Waals surface area (Å²) in [6.07, 6.45) is -0.0463. The second-order valence-corrected chi connectivity index (χ2v) is 7.58. The number of methoxy groups -OCH3 is 1. The van der Waals surface area contributed by atoms with Gasteiger partial charge in [0, 0.05) is 11.5 Å². The largest absolute Gasteiger partial charge is 0.495 e. The molecule has 1 aliphatic carbocycles. The average molecular weight is 299 g/mol. The van der Waals surface area contributed by atoms with Crippen LogP contribution >= 0.6 is 0 Å². The fourth-order valence-electron chi connectivity index (χ4n) is 2.35. The van der Waals surface area contributed by atoms with Crippen molar-refractivity contribution in [1.82, 2.24) is 4.72 Å². The third-order valence-electron chi connectivity index (χ3n) is 4.12. The number of aliphatic hydroxyl groups excluding tert-OH is 1. The van der Waals surface area contributed by atoms with Gasteiger partial charge in [-0.25, -0.2) is 13.1 Å². The van der Waals surface area contributed by atoms with E-state index >= 15 is 0 Å². The smallest absolute Gasteiger partial charge is 0.244 e. The highest BCUT2D eigenvalue weighted by atomic mass is 32.2. The molecule has 0 aromatic heterocycles. The topological polar surface area (TPSA) is 75.6 Å². The number of sulfonamides is 1. The van der Waals surface area contributed by atoms with Crippen molar-refractivity contribution in [3.05, 3.63) is 23.8 Å². The van der Waals surface area contributed by atoms with Crippen molar-refractivity contribution < 1.29 is 18.3 Å². The Morgan fingerprint density at radius 3 is 2.55 bits per heavy atom. The van der Waals surface area contributed by atoms with Crippen LogP contribution in [0.1, 0.15) is 25.8 Å². The number of aryl methyl sites for hydroxylation is 1. The van der Waals surface area contributed by atoms with Gasteiger partial charge in [-0.2, -0.15) is 0 Å². The van der Waals surface area contributed by atoms with Crippen LogP contribution in [0.2, 0.25) is 0 Å². The molecule has 2 rings (SSSR count). The lowest BCUT2D eigenvalue weighted by Crippen LogP contribution is -2.61. The molecule has 1 aromatic carbocycles. The molecule has 0 radical (unpaired) electrons. The van der Waals surface area contributed by atoms with Crippen molar-refractivity contribution in [1.29, 1.82) is 0 Å². The normalized spacial score (nSPS) is 25.1. The number of benzene rings is 1. The van der Waals surface area contributed by atoms with E-state index in [4.69, 9.17) is 4.74 Å². The van der Waals surface area contributed by atoms with Crippen LogP contribution in [0.4, 0.5) is 0 Å². The molecule has 20 heavy (non-hydrogen) atoms. The van der Waals surface area contributed by atoms with E-state index in [9.17, 15) is 13.5 Å². The molecule has 1 aromatic rings. The van der Waals surface area contributed by atoms with Crippen molar-refractivity contribution in [2.75, 3.05) is 7.11 Å². The summed E-state index contributed by atoms with van der Waals surface area (Å²) in [7, 11) is -2.22. The van der Waals surface area contributed by atoms with E-state index in [1.54, 1.807) is 18.2 Å². The predicted octanol–water partition coefficient (Wildman–Crippen LogP) is 1.44. The highest BCUT2D eigenvalue weighted by molar-refractivity contribution is 7.89. The fraction of sp³-hybridized carbons (Fsp3) is 0.571. The summed E-state index contributed by atoms with van der Waals surface area (Å²) >= 11 is 0. The quantitative estimate of drug-likeness (QED) is 0.882. The minimum atomic E-state index is -3.67. The Kier molecular flexibility index (Phi) is 3.83. The molecular weight excluding hydrogens is 278 g/mol. The molecule has 0 aliphatic heterocycles. The first kappa shape index (κ1) is 15.3. The predicted molar refractivity (Wildman–Crippen MR) is 76.2 cm³/mol. The van der Waals surface area contributed by atoms with Gasteiger partial charge in [-0.3, -0.25) is 0 Å². The monoisotopic (exact) mass is 299 g/mol. The maximum absolute atomic E-state index is 12.5. The number of ether oxygens (including phenoxy) is 1. The molecule has 0 heterocycles.